The standard InChI is InChI=1S/C10H21NO/c1-9(2)8(10(9,3)4)5-7(12)6-11/h7-8,12H,5-6,11H2,1-4H3. The molecule has 1 unspecified atom stereocenters. The van der Waals surface area contributed by atoms with Gasteiger partial charge >= 0.3 is 0 Å². The van der Waals surface area contributed by atoms with Crippen LogP contribution in [0.25, 0.3) is 0 Å². The summed E-state index contributed by atoms with van der Waals surface area (Å²) in [5.41, 5.74) is 6.13. The van der Waals surface area contributed by atoms with Crippen molar-refractivity contribution in [3.05, 3.63) is 0 Å². The molecule has 1 rings (SSSR count). The summed E-state index contributed by atoms with van der Waals surface area (Å²) in [7, 11) is 0. The van der Waals surface area contributed by atoms with Crippen LogP contribution in [0.2, 0.25) is 0 Å². The van der Waals surface area contributed by atoms with Gasteiger partial charge in [0.1, 0.15) is 0 Å². The molecule has 72 valence electrons. The first-order valence-corrected chi connectivity index (χ1v) is 4.72. The summed E-state index contributed by atoms with van der Waals surface area (Å²) in [4.78, 5) is 0. The first kappa shape index (κ1) is 10.0. The van der Waals surface area contributed by atoms with Crippen LogP contribution in [0.3, 0.4) is 0 Å². The molecule has 2 heteroatoms. The molecule has 0 heterocycles. The van der Waals surface area contributed by atoms with Gasteiger partial charge in [0.05, 0.1) is 6.10 Å². The Morgan fingerprint density at radius 1 is 1.25 bits per heavy atom. The molecule has 0 bridgehead atoms. The van der Waals surface area contributed by atoms with Gasteiger partial charge in [-0.2, -0.15) is 0 Å². The first-order chi connectivity index (χ1) is 5.34. The molecular formula is C10H21NO. The van der Waals surface area contributed by atoms with Gasteiger partial charge in [0, 0.05) is 6.54 Å². The summed E-state index contributed by atoms with van der Waals surface area (Å²) in [5.74, 6) is 0.628. The summed E-state index contributed by atoms with van der Waals surface area (Å²) in [6, 6.07) is 0. The second-order valence-corrected chi connectivity index (χ2v) is 5.12. The molecule has 12 heavy (non-hydrogen) atoms. The van der Waals surface area contributed by atoms with Gasteiger partial charge in [0.15, 0.2) is 0 Å². The van der Waals surface area contributed by atoms with E-state index in [9.17, 15) is 5.11 Å². The van der Waals surface area contributed by atoms with Crippen LogP contribution in [0.1, 0.15) is 34.1 Å². The maximum absolute atomic E-state index is 9.41. The SMILES string of the molecule is CC1(C)C(CC(O)CN)C1(C)C. The van der Waals surface area contributed by atoms with E-state index >= 15 is 0 Å². The van der Waals surface area contributed by atoms with E-state index in [2.05, 4.69) is 27.7 Å². The fraction of sp³-hybridized carbons (Fsp3) is 1.00. The minimum absolute atomic E-state index is 0.309. The molecule has 0 aromatic rings. The molecule has 1 fully saturated rings. The van der Waals surface area contributed by atoms with Crippen LogP contribution in [-0.4, -0.2) is 17.8 Å². The molecule has 0 saturated heterocycles. The van der Waals surface area contributed by atoms with Gasteiger partial charge in [-0.05, 0) is 23.2 Å². The van der Waals surface area contributed by atoms with E-state index < -0.39 is 0 Å². The second-order valence-electron chi connectivity index (χ2n) is 5.12. The van der Waals surface area contributed by atoms with Crippen molar-refractivity contribution in [1.82, 2.24) is 0 Å². The Bertz CT molecular complexity index is 161. The normalized spacial score (nSPS) is 28.5. The predicted molar refractivity (Wildman–Crippen MR) is 50.7 cm³/mol. The van der Waals surface area contributed by atoms with Crippen molar-refractivity contribution < 1.29 is 5.11 Å². The number of hydrogen-bond donors (Lipinski definition) is 2. The van der Waals surface area contributed by atoms with E-state index in [4.69, 9.17) is 5.73 Å². The van der Waals surface area contributed by atoms with E-state index in [0.717, 1.165) is 6.42 Å². The van der Waals surface area contributed by atoms with Crippen molar-refractivity contribution in [1.29, 1.82) is 0 Å². The van der Waals surface area contributed by atoms with Gasteiger partial charge in [-0.1, -0.05) is 27.7 Å². The first-order valence-electron chi connectivity index (χ1n) is 4.72. The molecule has 1 saturated carbocycles. The number of aliphatic hydroxyl groups is 1. The molecule has 0 amide bonds. The monoisotopic (exact) mass is 171 g/mol. The highest BCUT2D eigenvalue weighted by molar-refractivity contribution is 5.12. The quantitative estimate of drug-likeness (QED) is 0.674. The lowest BCUT2D eigenvalue weighted by Crippen LogP contribution is -2.21. The zero-order chi connectivity index (χ0) is 9.57. The third-order valence-corrected chi connectivity index (χ3v) is 4.10. The molecule has 0 radical (unpaired) electrons. The number of aliphatic hydroxyl groups excluding tert-OH is 1. The van der Waals surface area contributed by atoms with Gasteiger partial charge in [0.25, 0.3) is 0 Å². The molecule has 3 N–H and O–H groups in total. The van der Waals surface area contributed by atoms with Crippen LogP contribution in [0, 0.1) is 16.7 Å². The van der Waals surface area contributed by atoms with E-state index in [0.29, 0.717) is 23.3 Å². The molecule has 1 aliphatic carbocycles. The molecule has 0 aromatic carbocycles. The minimum Gasteiger partial charge on any atom is -0.392 e. The van der Waals surface area contributed by atoms with Crippen LogP contribution in [0.4, 0.5) is 0 Å². The van der Waals surface area contributed by atoms with Crippen molar-refractivity contribution in [2.75, 3.05) is 6.54 Å². The van der Waals surface area contributed by atoms with E-state index in [1.165, 1.54) is 0 Å². The van der Waals surface area contributed by atoms with Crippen LogP contribution >= 0.6 is 0 Å². The van der Waals surface area contributed by atoms with Crippen LogP contribution in [-0.2, 0) is 0 Å². The van der Waals surface area contributed by atoms with E-state index in [1.807, 2.05) is 0 Å². The largest absolute Gasteiger partial charge is 0.392 e. The molecule has 2 nitrogen and oxygen atoms in total. The van der Waals surface area contributed by atoms with Gasteiger partial charge in [-0.15, -0.1) is 0 Å². The highest BCUT2D eigenvalue weighted by atomic mass is 16.3. The summed E-state index contributed by atoms with van der Waals surface area (Å²) >= 11 is 0. The van der Waals surface area contributed by atoms with Gasteiger partial charge < -0.3 is 10.8 Å². The maximum atomic E-state index is 9.41. The van der Waals surface area contributed by atoms with Crippen molar-refractivity contribution >= 4 is 0 Å². The molecule has 0 aromatic heterocycles. The summed E-state index contributed by atoms with van der Waals surface area (Å²) < 4.78 is 0. The lowest BCUT2D eigenvalue weighted by Gasteiger charge is -2.07. The third-order valence-electron chi connectivity index (χ3n) is 4.10. The molecule has 1 aliphatic rings. The Balaban J connectivity index is 2.48. The minimum atomic E-state index is -0.309. The Morgan fingerprint density at radius 2 is 1.67 bits per heavy atom. The van der Waals surface area contributed by atoms with Gasteiger partial charge in [0.2, 0.25) is 0 Å². The predicted octanol–water partition coefficient (Wildman–Crippen LogP) is 1.38. The van der Waals surface area contributed by atoms with Gasteiger partial charge in [-0.3, -0.25) is 0 Å². The Hall–Kier alpha value is -0.0800. The Morgan fingerprint density at radius 3 is 1.92 bits per heavy atom. The van der Waals surface area contributed by atoms with Crippen LogP contribution < -0.4 is 5.73 Å². The van der Waals surface area contributed by atoms with Crippen molar-refractivity contribution in [3.63, 3.8) is 0 Å². The summed E-state index contributed by atoms with van der Waals surface area (Å²) in [5, 5.41) is 9.41. The lowest BCUT2D eigenvalue weighted by molar-refractivity contribution is 0.158. The highest BCUT2D eigenvalue weighted by Crippen LogP contribution is 2.69. The van der Waals surface area contributed by atoms with Crippen molar-refractivity contribution in [2.24, 2.45) is 22.5 Å². The second kappa shape index (κ2) is 2.71. The summed E-state index contributed by atoms with van der Waals surface area (Å²) in [6.45, 7) is 9.45. The Kier molecular flexibility index (Phi) is 2.26. The molecule has 1 atom stereocenters. The van der Waals surface area contributed by atoms with Crippen LogP contribution in [0.15, 0.2) is 0 Å². The lowest BCUT2D eigenvalue weighted by atomic mass is 10.0. The fourth-order valence-corrected chi connectivity index (χ4v) is 2.29. The summed E-state index contributed by atoms with van der Waals surface area (Å²) in [6.07, 6.45) is 0.548. The Labute approximate surface area is 75.2 Å². The van der Waals surface area contributed by atoms with Crippen molar-refractivity contribution in [3.8, 4) is 0 Å². The highest BCUT2D eigenvalue weighted by Gasteiger charge is 2.64. The smallest absolute Gasteiger partial charge is 0.0665 e. The third kappa shape index (κ3) is 1.27. The number of rotatable bonds is 3. The zero-order valence-electron chi connectivity index (χ0n) is 8.59. The van der Waals surface area contributed by atoms with Crippen LogP contribution in [0.5, 0.6) is 0 Å². The maximum Gasteiger partial charge on any atom is 0.0665 e. The van der Waals surface area contributed by atoms with E-state index in [-0.39, 0.29) is 6.10 Å². The fourth-order valence-electron chi connectivity index (χ4n) is 2.29. The molecule has 0 spiro atoms. The topological polar surface area (TPSA) is 46.2 Å². The van der Waals surface area contributed by atoms with Crippen molar-refractivity contribution in [2.45, 2.75) is 40.2 Å². The average molecular weight is 171 g/mol. The zero-order valence-corrected chi connectivity index (χ0v) is 8.59. The van der Waals surface area contributed by atoms with Gasteiger partial charge in [-0.25, -0.2) is 0 Å². The average Bonchev–Trinajstić information content (AvgIpc) is 2.32. The van der Waals surface area contributed by atoms with E-state index in [1.54, 1.807) is 0 Å². The number of nitrogens with two attached hydrogens (primary N) is 1. The number of hydrogen-bond acceptors (Lipinski definition) is 2. The molecular weight excluding hydrogens is 150 g/mol. The molecule has 0 aliphatic heterocycles.